The number of carbonyl (C=O) groups excluding carboxylic acids is 2. The molecule has 0 aliphatic carbocycles. The smallest absolute Gasteiger partial charge is 0.270 e. The number of amides is 2. The number of halogens is 1. The van der Waals surface area contributed by atoms with E-state index in [0.717, 1.165) is 11.6 Å². The Morgan fingerprint density at radius 2 is 1.92 bits per heavy atom. The fourth-order valence-electron chi connectivity index (χ4n) is 2.43. The van der Waals surface area contributed by atoms with Gasteiger partial charge in [-0.1, -0.05) is 6.07 Å². The number of pyridine rings is 1. The summed E-state index contributed by atoms with van der Waals surface area (Å²) in [6.07, 6.45) is 2.79. The fourth-order valence-corrected chi connectivity index (χ4v) is 2.43. The number of nitrogens with zero attached hydrogens (tertiary/aromatic N) is 2. The quantitative estimate of drug-likeness (QED) is 0.755. The van der Waals surface area contributed by atoms with Crippen LogP contribution in [0.3, 0.4) is 0 Å². The van der Waals surface area contributed by atoms with Crippen LogP contribution in [0.15, 0.2) is 47.5 Å². The van der Waals surface area contributed by atoms with E-state index in [0.29, 0.717) is 5.65 Å². The van der Waals surface area contributed by atoms with Crippen LogP contribution in [0.25, 0.3) is 5.65 Å². The van der Waals surface area contributed by atoms with Crippen molar-refractivity contribution in [2.75, 3.05) is 10.6 Å². The minimum atomic E-state index is -0.682. The maximum Gasteiger partial charge on any atom is 0.270 e. The Labute approximate surface area is 147 Å². The van der Waals surface area contributed by atoms with Crippen LogP contribution in [-0.4, -0.2) is 21.2 Å². The SMILES string of the molecule is CC(=O)Nc1cc(NC(=O)c2cnc3ccc(C)cn3c2=O)ccc1F. The topological polar surface area (TPSA) is 92.6 Å². The zero-order chi connectivity index (χ0) is 18.8. The second-order valence-electron chi connectivity index (χ2n) is 5.74. The average molecular weight is 354 g/mol. The third kappa shape index (κ3) is 3.44. The molecule has 0 aliphatic heterocycles. The van der Waals surface area contributed by atoms with Crippen LogP contribution in [0, 0.1) is 12.7 Å². The van der Waals surface area contributed by atoms with Crippen molar-refractivity contribution >= 4 is 28.8 Å². The summed E-state index contributed by atoms with van der Waals surface area (Å²) >= 11 is 0. The van der Waals surface area contributed by atoms with E-state index in [4.69, 9.17) is 0 Å². The maximum absolute atomic E-state index is 13.7. The zero-order valence-electron chi connectivity index (χ0n) is 14.0. The number of benzene rings is 1. The summed E-state index contributed by atoms with van der Waals surface area (Å²) in [6, 6.07) is 7.19. The first-order valence-corrected chi connectivity index (χ1v) is 7.71. The van der Waals surface area contributed by atoms with Crippen molar-refractivity contribution in [3.05, 3.63) is 70.0 Å². The minimum absolute atomic E-state index is 0.0701. The van der Waals surface area contributed by atoms with E-state index < -0.39 is 23.2 Å². The highest BCUT2D eigenvalue weighted by atomic mass is 19.1. The average Bonchev–Trinajstić information content (AvgIpc) is 2.58. The second kappa shape index (κ2) is 6.75. The molecule has 0 saturated carbocycles. The van der Waals surface area contributed by atoms with Crippen LogP contribution >= 0.6 is 0 Å². The third-order valence-electron chi connectivity index (χ3n) is 3.63. The highest BCUT2D eigenvalue weighted by molar-refractivity contribution is 6.04. The van der Waals surface area contributed by atoms with Crippen LogP contribution < -0.4 is 16.2 Å². The molecule has 0 aliphatic rings. The van der Waals surface area contributed by atoms with Crippen LogP contribution in [0.5, 0.6) is 0 Å². The van der Waals surface area contributed by atoms with Crippen molar-refractivity contribution in [2.24, 2.45) is 0 Å². The van der Waals surface area contributed by atoms with Crippen molar-refractivity contribution in [1.29, 1.82) is 0 Å². The van der Waals surface area contributed by atoms with Crippen LogP contribution in [0.4, 0.5) is 15.8 Å². The summed E-state index contributed by atoms with van der Waals surface area (Å²) in [4.78, 5) is 40.2. The Balaban J connectivity index is 1.93. The van der Waals surface area contributed by atoms with Crippen LogP contribution in [0.1, 0.15) is 22.8 Å². The molecule has 0 fully saturated rings. The van der Waals surface area contributed by atoms with Gasteiger partial charge >= 0.3 is 0 Å². The molecule has 2 aromatic heterocycles. The molecule has 0 bridgehead atoms. The van der Waals surface area contributed by atoms with Gasteiger partial charge in [0, 0.05) is 25.0 Å². The standard InChI is InChI=1S/C18H15FN4O3/c1-10-3-6-16-20-8-13(18(26)23(16)9-10)17(25)22-12-4-5-14(19)15(7-12)21-11(2)24/h3-9H,1-2H3,(H,21,24)(H,22,25). The van der Waals surface area contributed by atoms with E-state index in [1.807, 2.05) is 13.0 Å². The first-order valence-electron chi connectivity index (χ1n) is 7.71. The van der Waals surface area contributed by atoms with Gasteiger partial charge in [0.05, 0.1) is 5.69 Å². The molecule has 132 valence electrons. The summed E-state index contributed by atoms with van der Waals surface area (Å²) in [5.41, 5.74) is 0.761. The first-order chi connectivity index (χ1) is 12.3. The molecule has 2 heterocycles. The van der Waals surface area contributed by atoms with Gasteiger partial charge in [-0.05, 0) is 36.8 Å². The van der Waals surface area contributed by atoms with E-state index in [-0.39, 0.29) is 16.9 Å². The van der Waals surface area contributed by atoms with Gasteiger partial charge in [0.15, 0.2) is 0 Å². The van der Waals surface area contributed by atoms with Gasteiger partial charge in [-0.15, -0.1) is 0 Å². The Bertz CT molecular complexity index is 1090. The molecule has 2 amide bonds. The summed E-state index contributed by atoms with van der Waals surface area (Å²) in [5.74, 6) is -1.76. The number of anilines is 2. The van der Waals surface area contributed by atoms with Gasteiger partial charge in [-0.2, -0.15) is 0 Å². The Morgan fingerprint density at radius 3 is 2.65 bits per heavy atom. The lowest BCUT2D eigenvalue weighted by atomic mass is 10.2. The van der Waals surface area contributed by atoms with Crippen LogP contribution in [-0.2, 0) is 4.79 Å². The van der Waals surface area contributed by atoms with E-state index in [2.05, 4.69) is 15.6 Å². The van der Waals surface area contributed by atoms with Gasteiger partial charge in [-0.3, -0.25) is 18.8 Å². The lowest BCUT2D eigenvalue weighted by Crippen LogP contribution is -2.26. The molecule has 7 nitrogen and oxygen atoms in total. The number of carbonyl (C=O) groups is 2. The number of nitrogens with one attached hydrogen (secondary N) is 2. The number of aryl methyl sites for hydroxylation is 1. The van der Waals surface area contributed by atoms with Crippen LogP contribution in [0.2, 0.25) is 0 Å². The number of hydrogen-bond acceptors (Lipinski definition) is 4. The summed E-state index contributed by atoms with van der Waals surface area (Å²) < 4.78 is 15.0. The van der Waals surface area contributed by atoms with E-state index in [1.165, 1.54) is 29.7 Å². The molecular weight excluding hydrogens is 339 g/mol. The molecule has 8 heteroatoms. The van der Waals surface area contributed by atoms with Crippen molar-refractivity contribution in [2.45, 2.75) is 13.8 Å². The minimum Gasteiger partial charge on any atom is -0.324 e. The highest BCUT2D eigenvalue weighted by Crippen LogP contribution is 2.20. The lowest BCUT2D eigenvalue weighted by Gasteiger charge is -2.09. The molecule has 0 unspecified atom stereocenters. The van der Waals surface area contributed by atoms with Crippen molar-refractivity contribution in [1.82, 2.24) is 9.38 Å². The molecule has 26 heavy (non-hydrogen) atoms. The normalized spacial score (nSPS) is 10.6. The number of fused-ring (bicyclic) bond motifs is 1. The fraction of sp³-hybridized carbons (Fsp3) is 0.111. The van der Waals surface area contributed by atoms with Gasteiger partial charge in [-0.25, -0.2) is 9.37 Å². The van der Waals surface area contributed by atoms with Gasteiger partial charge < -0.3 is 10.6 Å². The molecule has 0 spiro atoms. The number of hydrogen-bond donors (Lipinski definition) is 2. The van der Waals surface area contributed by atoms with Crippen molar-refractivity contribution in [3.8, 4) is 0 Å². The molecule has 3 aromatic rings. The predicted octanol–water partition coefficient (Wildman–Crippen LogP) is 2.35. The molecule has 0 atom stereocenters. The predicted molar refractivity (Wildman–Crippen MR) is 94.9 cm³/mol. The molecule has 0 saturated heterocycles. The molecule has 0 radical (unpaired) electrons. The largest absolute Gasteiger partial charge is 0.324 e. The number of aromatic nitrogens is 2. The van der Waals surface area contributed by atoms with Gasteiger partial charge in [0.2, 0.25) is 5.91 Å². The Hall–Kier alpha value is -3.55. The van der Waals surface area contributed by atoms with E-state index in [1.54, 1.807) is 12.3 Å². The highest BCUT2D eigenvalue weighted by Gasteiger charge is 2.15. The Morgan fingerprint density at radius 1 is 1.15 bits per heavy atom. The van der Waals surface area contributed by atoms with E-state index in [9.17, 15) is 18.8 Å². The summed E-state index contributed by atoms with van der Waals surface area (Å²) in [7, 11) is 0. The molecule has 3 rings (SSSR count). The summed E-state index contributed by atoms with van der Waals surface area (Å²) in [6.45, 7) is 3.06. The van der Waals surface area contributed by atoms with Gasteiger partial charge in [0.25, 0.3) is 11.5 Å². The monoisotopic (exact) mass is 354 g/mol. The molecule has 1 aromatic carbocycles. The first kappa shape index (κ1) is 17.3. The summed E-state index contributed by atoms with van der Waals surface area (Å²) in [5, 5.41) is 4.83. The number of rotatable bonds is 3. The molecular formula is C18H15FN4O3. The lowest BCUT2D eigenvalue weighted by molar-refractivity contribution is -0.114. The third-order valence-corrected chi connectivity index (χ3v) is 3.63. The van der Waals surface area contributed by atoms with Crippen molar-refractivity contribution < 1.29 is 14.0 Å². The maximum atomic E-state index is 13.7. The second-order valence-corrected chi connectivity index (χ2v) is 5.74. The molecule has 2 N–H and O–H groups in total. The van der Waals surface area contributed by atoms with Crippen molar-refractivity contribution in [3.63, 3.8) is 0 Å². The van der Waals surface area contributed by atoms with E-state index >= 15 is 0 Å². The zero-order valence-corrected chi connectivity index (χ0v) is 14.0. The van der Waals surface area contributed by atoms with Gasteiger partial charge in [0.1, 0.15) is 17.0 Å². The Kier molecular flexibility index (Phi) is 4.49.